The van der Waals surface area contributed by atoms with Crippen molar-refractivity contribution in [3.63, 3.8) is 0 Å². The second-order valence-corrected chi connectivity index (χ2v) is 8.68. The fraction of sp³-hybridized carbons (Fsp3) is 0.435. The van der Waals surface area contributed by atoms with E-state index in [4.69, 9.17) is 9.47 Å². The summed E-state index contributed by atoms with van der Waals surface area (Å²) in [6.07, 6.45) is 7.90. The second-order valence-electron chi connectivity index (χ2n) is 7.62. The van der Waals surface area contributed by atoms with E-state index in [0.29, 0.717) is 12.2 Å². The van der Waals surface area contributed by atoms with Gasteiger partial charge in [-0.15, -0.1) is 11.8 Å². The van der Waals surface area contributed by atoms with Crippen LogP contribution < -0.4 is 0 Å². The summed E-state index contributed by atoms with van der Waals surface area (Å²) in [4.78, 5) is 18.1. The normalized spacial score (nSPS) is 16.3. The molecule has 0 N–H and O–H groups in total. The molecule has 2 aromatic heterocycles. The van der Waals surface area contributed by atoms with Gasteiger partial charge >= 0.3 is 5.97 Å². The SMILES string of the molecule is Cc1nn2cc(CCCOC(=O)c3ccccc3SCC3CCCO3)cnc2c1C. The third kappa shape index (κ3) is 4.84. The second kappa shape index (κ2) is 9.62. The number of hydrogen-bond acceptors (Lipinski definition) is 6. The van der Waals surface area contributed by atoms with Gasteiger partial charge < -0.3 is 9.47 Å². The van der Waals surface area contributed by atoms with Crippen molar-refractivity contribution in [2.24, 2.45) is 0 Å². The number of aryl methyl sites for hydroxylation is 3. The lowest BCUT2D eigenvalue weighted by Crippen LogP contribution is -2.11. The molecule has 1 aliphatic heterocycles. The Labute approximate surface area is 181 Å². The predicted octanol–water partition coefficient (Wildman–Crippen LogP) is 4.41. The summed E-state index contributed by atoms with van der Waals surface area (Å²) >= 11 is 1.67. The van der Waals surface area contributed by atoms with Gasteiger partial charge in [0.25, 0.3) is 0 Å². The van der Waals surface area contributed by atoms with Crippen molar-refractivity contribution >= 4 is 23.4 Å². The number of thioether (sulfide) groups is 1. The van der Waals surface area contributed by atoms with Gasteiger partial charge in [0, 0.05) is 35.2 Å². The summed E-state index contributed by atoms with van der Waals surface area (Å²) in [6.45, 7) is 5.23. The molecule has 7 heteroatoms. The minimum atomic E-state index is -0.266. The average molecular weight is 426 g/mol. The first-order valence-corrected chi connectivity index (χ1v) is 11.4. The number of nitrogens with zero attached hydrogens (tertiary/aromatic N) is 3. The van der Waals surface area contributed by atoms with Crippen molar-refractivity contribution < 1.29 is 14.3 Å². The molecule has 1 atom stereocenters. The Morgan fingerprint density at radius 3 is 3.03 bits per heavy atom. The number of hydrogen-bond donors (Lipinski definition) is 0. The summed E-state index contributed by atoms with van der Waals surface area (Å²) in [5, 5.41) is 4.48. The van der Waals surface area contributed by atoms with Crippen LogP contribution >= 0.6 is 11.8 Å². The van der Waals surface area contributed by atoms with Gasteiger partial charge in [0.15, 0.2) is 5.65 Å². The molecule has 158 valence electrons. The van der Waals surface area contributed by atoms with E-state index in [0.717, 1.165) is 65.4 Å². The zero-order chi connectivity index (χ0) is 20.9. The van der Waals surface area contributed by atoms with Gasteiger partial charge in [0.2, 0.25) is 0 Å². The van der Waals surface area contributed by atoms with Crippen LogP contribution in [-0.2, 0) is 15.9 Å². The Morgan fingerprint density at radius 1 is 1.33 bits per heavy atom. The molecule has 3 aromatic rings. The molecule has 1 fully saturated rings. The molecule has 1 aliphatic rings. The Balaban J connectivity index is 1.28. The van der Waals surface area contributed by atoms with Crippen LogP contribution in [0, 0.1) is 13.8 Å². The minimum Gasteiger partial charge on any atom is -0.462 e. The highest BCUT2D eigenvalue weighted by atomic mass is 32.2. The third-order valence-electron chi connectivity index (χ3n) is 5.39. The molecule has 0 spiro atoms. The van der Waals surface area contributed by atoms with Crippen LogP contribution in [0.4, 0.5) is 0 Å². The summed E-state index contributed by atoms with van der Waals surface area (Å²) < 4.78 is 13.1. The molecular formula is C23H27N3O3S. The van der Waals surface area contributed by atoms with Gasteiger partial charge in [-0.25, -0.2) is 14.3 Å². The lowest BCUT2D eigenvalue weighted by molar-refractivity contribution is 0.0496. The van der Waals surface area contributed by atoms with Crippen molar-refractivity contribution in [2.45, 2.75) is 50.5 Å². The standard InChI is InChI=1S/C23H27N3O3S/c1-16-17(2)25-26-14-18(13-24-22(16)26)7-5-12-29-23(27)20-9-3-4-10-21(20)30-15-19-8-6-11-28-19/h3-4,9-10,13-14,19H,5-8,11-12,15H2,1-2H3. The van der Waals surface area contributed by atoms with Gasteiger partial charge in [0.1, 0.15) is 0 Å². The van der Waals surface area contributed by atoms with Crippen molar-refractivity contribution in [3.8, 4) is 0 Å². The van der Waals surface area contributed by atoms with Crippen molar-refractivity contribution in [2.75, 3.05) is 19.0 Å². The van der Waals surface area contributed by atoms with E-state index in [9.17, 15) is 4.79 Å². The minimum absolute atomic E-state index is 0.266. The van der Waals surface area contributed by atoms with E-state index < -0.39 is 0 Å². The van der Waals surface area contributed by atoms with Crippen molar-refractivity contribution in [1.82, 2.24) is 14.6 Å². The molecule has 1 aromatic carbocycles. The molecule has 0 bridgehead atoms. The molecule has 6 nitrogen and oxygen atoms in total. The van der Waals surface area contributed by atoms with Crippen molar-refractivity contribution in [1.29, 1.82) is 0 Å². The first-order valence-electron chi connectivity index (χ1n) is 10.4. The average Bonchev–Trinajstić information content (AvgIpc) is 3.38. The molecule has 30 heavy (non-hydrogen) atoms. The summed E-state index contributed by atoms with van der Waals surface area (Å²) in [6, 6.07) is 7.64. The lowest BCUT2D eigenvalue weighted by atomic mass is 10.2. The first-order chi connectivity index (χ1) is 14.6. The molecule has 0 saturated carbocycles. The van der Waals surface area contributed by atoms with Crippen LogP contribution in [0.5, 0.6) is 0 Å². The van der Waals surface area contributed by atoms with Crippen LogP contribution in [0.1, 0.15) is 46.4 Å². The summed E-state index contributed by atoms with van der Waals surface area (Å²) in [5.41, 5.74) is 4.69. The number of carbonyl (C=O) groups excluding carboxylic acids is 1. The number of carbonyl (C=O) groups is 1. The maximum absolute atomic E-state index is 12.6. The first kappa shape index (κ1) is 20.9. The Kier molecular flexibility index (Phi) is 6.69. The van der Waals surface area contributed by atoms with E-state index >= 15 is 0 Å². The predicted molar refractivity (Wildman–Crippen MR) is 117 cm³/mol. The lowest BCUT2D eigenvalue weighted by Gasteiger charge is -2.12. The third-order valence-corrected chi connectivity index (χ3v) is 6.60. The Hall–Kier alpha value is -2.38. The van der Waals surface area contributed by atoms with E-state index in [-0.39, 0.29) is 12.1 Å². The van der Waals surface area contributed by atoms with E-state index in [1.54, 1.807) is 11.8 Å². The largest absolute Gasteiger partial charge is 0.462 e. The quantitative estimate of drug-likeness (QED) is 0.303. The van der Waals surface area contributed by atoms with Crippen LogP contribution in [-0.4, -0.2) is 45.6 Å². The highest BCUT2D eigenvalue weighted by Crippen LogP contribution is 2.27. The fourth-order valence-corrected chi connectivity index (χ4v) is 4.68. The molecule has 0 amide bonds. The Bertz CT molecular complexity index is 1030. The zero-order valence-corrected chi connectivity index (χ0v) is 18.3. The van der Waals surface area contributed by atoms with Gasteiger partial charge in [-0.1, -0.05) is 12.1 Å². The van der Waals surface area contributed by atoms with Crippen LogP contribution in [0.2, 0.25) is 0 Å². The number of esters is 1. The van der Waals surface area contributed by atoms with Crippen LogP contribution in [0.3, 0.4) is 0 Å². The number of fused-ring (bicyclic) bond motifs is 1. The molecule has 0 radical (unpaired) electrons. The number of ether oxygens (including phenoxy) is 2. The highest BCUT2D eigenvalue weighted by molar-refractivity contribution is 7.99. The zero-order valence-electron chi connectivity index (χ0n) is 17.5. The fourth-order valence-electron chi connectivity index (χ4n) is 3.57. The maximum atomic E-state index is 12.6. The maximum Gasteiger partial charge on any atom is 0.339 e. The van der Waals surface area contributed by atoms with Crippen molar-refractivity contribution in [3.05, 3.63) is 59.0 Å². The van der Waals surface area contributed by atoms with Gasteiger partial charge in [0.05, 0.1) is 24.0 Å². The van der Waals surface area contributed by atoms with E-state index in [2.05, 4.69) is 10.1 Å². The molecular weight excluding hydrogens is 398 g/mol. The van der Waals surface area contributed by atoms with Gasteiger partial charge in [-0.05, 0) is 57.2 Å². The van der Waals surface area contributed by atoms with Gasteiger partial charge in [-0.3, -0.25) is 0 Å². The van der Waals surface area contributed by atoms with Gasteiger partial charge in [-0.2, -0.15) is 5.10 Å². The number of rotatable bonds is 8. The molecule has 3 heterocycles. The number of benzene rings is 1. The van der Waals surface area contributed by atoms with Crippen LogP contribution in [0.15, 0.2) is 41.6 Å². The van der Waals surface area contributed by atoms with Crippen LogP contribution in [0.25, 0.3) is 5.65 Å². The summed E-state index contributed by atoms with van der Waals surface area (Å²) in [5.74, 6) is 0.601. The molecule has 0 aliphatic carbocycles. The molecule has 4 rings (SSSR count). The smallest absolute Gasteiger partial charge is 0.339 e. The number of aromatic nitrogens is 3. The molecule has 1 saturated heterocycles. The Morgan fingerprint density at radius 2 is 2.20 bits per heavy atom. The summed E-state index contributed by atoms with van der Waals surface area (Å²) in [7, 11) is 0. The highest BCUT2D eigenvalue weighted by Gasteiger charge is 2.18. The monoisotopic (exact) mass is 425 g/mol. The van der Waals surface area contributed by atoms with E-state index in [1.807, 2.05) is 55.0 Å². The van der Waals surface area contributed by atoms with E-state index in [1.165, 1.54) is 0 Å². The topological polar surface area (TPSA) is 65.7 Å². The molecule has 1 unspecified atom stereocenters.